The molecule has 5 rings (SSSR count). The number of nitrogens with zero attached hydrogens (tertiary/aromatic N) is 4. The molecule has 17 heteroatoms. The monoisotopic (exact) mass is 654 g/mol. The summed E-state index contributed by atoms with van der Waals surface area (Å²) in [4.78, 5) is 25.0. The highest BCUT2D eigenvalue weighted by atomic mass is 31.2. The molecule has 246 valence electrons. The van der Waals surface area contributed by atoms with Crippen LogP contribution in [0.3, 0.4) is 0 Å². The number of para-hydroxylation sites is 1. The van der Waals surface area contributed by atoms with Crippen LogP contribution in [-0.2, 0) is 23.4 Å². The number of aromatic nitrogens is 4. The highest BCUT2D eigenvalue weighted by Crippen LogP contribution is 2.52. The molecule has 3 aromatic rings. The molecule has 2 aliphatic rings. The lowest BCUT2D eigenvalue weighted by molar-refractivity contribution is -0.202. The Morgan fingerprint density at radius 2 is 1.96 bits per heavy atom. The van der Waals surface area contributed by atoms with Gasteiger partial charge in [-0.2, -0.15) is 15.1 Å². The van der Waals surface area contributed by atoms with E-state index in [-0.39, 0.29) is 41.5 Å². The van der Waals surface area contributed by atoms with E-state index < -0.39 is 50.2 Å². The van der Waals surface area contributed by atoms with Crippen molar-refractivity contribution < 1.29 is 46.5 Å². The molecule has 1 saturated carbocycles. The molecule has 2 aromatic heterocycles. The Morgan fingerprint density at radius 3 is 2.64 bits per heavy atom. The molecule has 1 unspecified atom stereocenters. The van der Waals surface area contributed by atoms with E-state index in [1.54, 1.807) is 25.1 Å². The Morgan fingerprint density at radius 1 is 1.24 bits per heavy atom. The molecule has 45 heavy (non-hydrogen) atoms. The fraction of sp³-hybridized carbons (Fsp3) is 0.571. The van der Waals surface area contributed by atoms with Crippen molar-refractivity contribution in [1.29, 1.82) is 0 Å². The molecule has 2 fully saturated rings. The van der Waals surface area contributed by atoms with Gasteiger partial charge in [0.25, 0.3) is 5.85 Å². The molecule has 6 atom stereocenters. The van der Waals surface area contributed by atoms with Crippen molar-refractivity contribution in [3.8, 4) is 11.6 Å². The first kappa shape index (κ1) is 32.9. The van der Waals surface area contributed by atoms with Crippen LogP contribution in [0.2, 0.25) is 0 Å². The molecule has 4 N–H and O–H groups in total. The molecule has 0 amide bonds. The number of anilines is 1. The van der Waals surface area contributed by atoms with Crippen molar-refractivity contribution in [2.24, 2.45) is 0 Å². The molecule has 1 aromatic carbocycles. The highest BCUT2D eigenvalue weighted by molar-refractivity contribution is 7.52. The van der Waals surface area contributed by atoms with Crippen molar-refractivity contribution in [3.05, 3.63) is 36.7 Å². The summed E-state index contributed by atoms with van der Waals surface area (Å²) in [6, 6.07) is 6.63. The smallest absolute Gasteiger partial charge is 0.459 e. The van der Waals surface area contributed by atoms with Crippen LogP contribution >= 0.6 is 7.75 Å². The average molecular weight is 655 g/mol. The van der Waals surface area contributed by atoms with E-state index in [9.17, 15) is 14.5 Å². The van der Waals surface area contributed by atoms with Crippen LogP contribution in [0.5, 0.6) is 11.6 Å². The Kier molecular flexibility index (Phi) is 9.61. The maximum absolute atomic E-state index is 16.3. The second kappa shape index (κ2) is 13.1. The molecular formula is C28H37F2N6O8P. The number of halogens is 2. The van der Waals surface area contributed by atoms with Gasteiger partial charge in [0.1, 0.15) is 24.5 Å². The first-order valence-electron chi connectivity index (χ1n) is 14.7. The van der Waals surface area contributed by atoms with E-state index in [1.165, 1.54) is 19.1 Å². The lowest BCUT2D eigenvalue weighted by atomic mass is 9.97. The van der Waals surface area contributed by atoms with Crippen molar-refractivity contribution in [3.63, 3.8) is 0 Å². The van der Waals surface area contributed by atoms with Crippen LogP contribution in [0, 0.1) is 0 Å². The number of nitrogen functional groups attached to an aromatic ring is 1. The zero-order valence-electron chi connectivity index (χ0n) is 25.1. The first-order valence-corrected chi connectivity index (χ1v) is 16.2. The second-order valence-electron chi connectivity index (χ2n) is 11.2. The van der Waals surface area contributed by atoms with Gasteiger partial charge < -0.3 is 29.6 Å². The summed E-state index contributed by atoms with van der Waals surface area (Å²) < 4.78 is 74.9. The number of nitrogens with one attached hydrogen (secondary N) is 1. The van der Waals surface area contributed by atoms with Gasteiger partial charge in [-0.05, 0) is 58.6 Å². The number of fused-ring (bicyclic) bond motifs is 1. The number of imidazole rings is 1. The molecular weight excluding hydrogens is 617 g/mol. The summed E-state index contributed by atoms with van der Waals surface area (Å²) >= 11 is 0. The fourth-order valence-electron chi connectivity index (χ4n) is 5.30. The minimum atomic E-state index is -4.58. The predicted molar refractivity (Wildman–Crippen MR) is 157 cm³/mol. The Bertz CT molecular complexity index is 1540. The number of hydrogen-bond donors (Lipinski definition) is 3. The Labute approximate surface area is 258 Å². The fourth-order valence-corrected chi connectivity index (χ4v) is 6.81. The van der Waals surface area contributed by atoms with Gasteiger partial charge >= 0.3 is 13.7 Å². The number of benzene rings is 1. The van der Waals surface area contributed by atoms with Gasteiger partial charge in [-0.15, -0.1) is 0 Å². The van der Waals surface area contributed by atoms with Gasteiger partial charge in [-0.1, -0.05) is 24.6 Å². The van der Waals surface area contributed by atoms with Gasteiger partial charge in [-0.25, -0.2) is 18.3 Å². The summed E-state index contributed by atoms with van der Waals surface area (Å²) in [6.07, 6.45) is 0.910. The average Bonchev–Trinajstić information content (AvgIpc) is 3.50. The summed E-state index contributed by atoms with van der Waals surface area (Å²) in [5.41, 5.74) is 3.07. The van der Waals surface area contributed by atoms with Crippen molar-refractivity contribution in [2.45, 2.75) is 88.9 Å². The van der Waals surface area contributed by atoms with Gasteiger partial charge in [0.2, 0.25) is 11.8 Å². The topological polar surface area (TPSA) is 182 Å². The van der Waals surface area contributed by atoms with Crippen molar-refractivity contribution in [2.75, 3.05) is 18.9 Å². The van der Waals surface area contributed by atoms with Crippen LogP contribution in [0.4, 0.5) is 14.7 Å². The van der Waals surface area contributed by atoms with Crippen LogP contribution < -0.4 is 20.1 Å². The van der Waals surface area contributed by atoms with Crippen molar-refractivity contribution in [1.82, 2.24) is 24.6 Å². The largest absolute Gasteiger partial charge is 0.476 e. The number of aliphatic hydroxyl groups excluding tert-OH is 1. The number of esters is 1. The number of hydrogen-bond acceptors (Lipinski definition) is 12. The second-order valence-corrected chi connectivity index (χ2v) is 12.9. The van der Waals surface area contributed by atoms with Crippen LogP contribution in [0.1, 0.15) is 59.1 Å². The third-order valence-corrected chi connectivity index (χ3v) is 9.24. The normalized spacial score (nSPS) is 27.6. The molecule has 0 bridgehead atoms. The molecule has 0 spiro atoms. The first-order chi connectivity index (χ1) is 21.3. The SMILES string of the molecule is CCOc1nc(N)nc2c1ncn2C1O[C@](F)(CO[P@@](=O)(N[C@@H](C)C(=O)OC2CCCCC2)Oc2ccccc2)[C@@H](O)[C@@]1(C)F. The van der Waals surface area contributed by atoms with E-state index in [4.69, 9.17) is 29.0 Å². The number of alkyl halides is 2. The quantitative estimate of drug-likeness (QED) is 0.187. The molecule has 1 aliphatic carbocycles. The van der Waals surface area contributed by atoms with E-state index in [2.05, 4.69) is 20.0 Å². The van der Waals surface area contributed by atoms with Crippen LogP contribution in [0.25, 0.3) is 11.2 Å². The Balaban J connectivity index is 1.37. The molecule has 1 aliphatic heterocycles. The minimum absolute atomic E-state index is 0.0221. The van der Waals surface area contributed by atoms with Gasteiger partial charge in [0.15, 0.2) is 29.2 Å². The summed E-state index contributed by atoms with van der Waals surface area (Å²) in [5, 5.41) is 13.3. The summed E-state index contributed by atoms with van der Waals surface area (Å²) in [5.74, 6) is -4.08. The van der Waals surface area contributed by atoms with E-state index in [0.717, 1.165) is 37.1 Å². The molecule has 14 nitrogen and oxygen atoms in total. The minimum Gasteiger partial charge on any atom is -0.476 e. The number of nitrogens with two attached hydrogens (primary N) is 1. The lowest BCUT2D eigenvalue weighted by Crippen LogP contribution is -2.47. The molecule has 0 radical (unpaired) electrons. The maximum Gasteiger partial charge on any atom is 0.459 e. The number of carbonyl (C=O) groups excluding carboxylic acids is 1. The summed E-state index contributed by atoms with van der Waals surface area (Å²) in [7, 11) is -4.58. The number of ether oxygens (including phenoxy) is 3. The number of carbonyl (C=O) groups is 1. The predicted octanol–water partition coefficient (Wildman–Crippen LogP) is 4.15. The highest BCUT2D eigenvalue weighted by Gasteiger charge is 2.65. The van der Waals surface area contributed by atoms with Gasteiger partial charge in [0.05, 0.1) is 12.9 Å². The molecule has 3 heterocycles. The van der Waals surface area contributed by atoms with Crippen molar-refractivity contribution >= 4 is 30.8 Å². The number of rotatable bonds is 12. The maximum atomic E-state index is 16.3. The van der Waals surface area contributed by atoms with Crippen LogP contribution in [-0.4, -0.2) is 73.6 Å². The van der Waals surface area contributed by atoms with E-state index in [1.807, 2.05) is 0 Å². The van der Waals surface area contributed by atoms with Crippen LogP contribution in [0.15, 0.2) is 36.7 Å². The zero-order valence-corrected chi connectivity index (χ0v) is 26.0. The van der Waals surface area contributed by atoms with E-state index in [0.29, 0.717) is 12.8 Å². The third kappa shape index (κ3) is 7.04. The number of aliphatic hydroxyl groups is 1. The third-order valence-electron chi connectivity index (χ3n) is 7.61. The summed E-state index contributed by atoms with van der Waals surface area (Å²) in [6.45, 7) is 2.98. The lowest BCUT2D eigenvalue weighted by Gasteiger charge is -2.28. The molecule has 1 saturated heterocycles. The van der Waals surface area contributed by atoms with Gasteiger partial charge in [-0.3, -0.25) is 13.9 Å². The Hall–Kier alpha value is -3.43. The van der Waals surface area contributed by atoms with Gasteiger partial charge in [0, 0.05) is 0 Å². The zero-order chi connectivity index (χ0) is 32.4. The van der Waals surface area contributed by atoms with E-state index >= 15 is 8.78 Å². The standard InChI is InChI=1S/C28H37F2N6O8P/c1-4-40-22-20-21(33-26(31)34-22)36(16-32-20)25-27(3,29)24(38)28(30,43-25)15-41-45(39,44-19-13-9-6-10-14-19)35-17(2)23(37)42-18-11-7-5-8-12-18/h6,9-10,13-14,16-18,24-25,38H,4-5,7-8,11-12,15H2,1-3H3,(H,35,39)(H2,31,33,34)/t17-,24-,25?,27+,28+,45-/m0/s1.